The summed E-state index contributed by atoms with van der Waals surface area (Å²) in [7, 11) is 0. The van der Waals surface area contributed by atoms with Gasteiger partial charge < -0.3 is 0 Å². The zero-order valence-electron chi connectivity index (χ0n) is 13.0. The number of hydrogen-bond acceptors (Lipinski definition) is 4. The largest absolute Gasteiger partial charge is 0.278 e. The van der Waals surface area contributed by atoms with Crippen molar-refractivity contribution >= 4 is 11.6 Å². The number of rotatable bonds is 5. The van der Waals surface area contributed by atoms with Crippen molar-refractivity contribution < 1.29 is 9.72 Å². The van der Waals surface area contributed by atoms with Crippen molar-refractivity contribution in [2.75, 3.05) is 0 Å². The van der Waals surface area contributed by atoms with Crippen molar-refractivity contribution in [1.29, 1.82) is 0 Å². The molecular weight excluding hydrogens is 282 g/mol. The number of nitro benzene ring substituents is 1. The van der Waals surface area contributed by atoms with E-state index in [0.29, 0.717) is 5.56 Å². The minimum absolute atomic E-state index is 0.0337. The van der Waals surface area contributed by atoms with Crippen molar-refractivity contribution in [2.24, 2.45) is 0 Å². The Kier molecular flexibility index (Phi) is 4.70. The summed E-state index contributed by atoms with van der Waals surface area (Å²) in [5.74, 6) is -0.266. The Hall–Kier alpha value is -2.50. The standard InChI is InChI=1S/C16H19N3O3/c1-4-5-6-15-11(2)17-18(12(15)3)16(20)13-7-9-14(10-8-13)19(21)22/h7-10H,4-6H2,1-3H3. The van der Waals surface area contributed by atoms with E-state index in [0.717, 1.165) is 36.2 Å². The fourth-order valence-electron chi connectivity index (χ4n) is 2.44. The molecule has 0 saturated carbocycles. The van der Waals surface area contributed by atoms with Gasteiger partial charge in [0.25, 0.3) is 11.6 Å². The number of benzene rings is 1. The van der Waals surface area contributed by atoms with Crippen molar-refractivity contribution in [3.8, 4) is 0 Å². The predicted molar refractivity (Wildman–Crippen MR) is 83.1 cm³/mol. The molecule has 0 aliphatic carbocycles. The molecule has 0 N–H and O–H groups in total. The molecule has 116 valence electrons. The molecule has 0 radical (unpaired) electrons. The second-order valence-electron chi connectivity index (χ2n) is 5.27. The third-order valence-corrected chi connectivity index (χ3v) is 3.74. The van der Waals surface area contributed by atoms with Gasteiger partial charge in [0.2, 0.25) is 0 Å². The molecule has 0 bridgehead atoms. The zero-order valence-corrected chi connectivity index (χ0v) is 13.0. The fourth-order valence-corrected chi connectivity index (χ4v) is 2.44. The van der Waals surface area contributed by atoms with Crippen LogP contribution >= 0.6 is 0 Å². The SMILES string of the molecule is CCCCc1c(C)nn(C(=O)c2ccc([N+](=O)[O-])cc2)c1C. The van der Waals surface area contributed by atoms with Gasteiger partial charge in [0, 0.05) is 23.4 Å². The van der Waals surface area contributed by atoms with E-state index in [1.165, 1.54) is 28.9 Å². The normalized spacial score (nSPS) is 10.7. The first-order valence-electron chi connectivity index (χ1n) is 7.30. The van der Waals surface area contributed by atoms with Crippen molar-refractivity contribution in [2.45, 2.75) is 40.0 Å². The van der Waals surface area contributed by atoms with Gasteiger partial charge in [-0.25, -0.2) is 4.68 Å². The number of carbonyl (C=O) groups excluding carboxylic acids is 1. The van der Waals surface area contributed by atoms with E-state index in [1.54, 1.807) is 0 Å². The third-order valence-electron chi connectivity index (χ3n) is 3.74. The summed E-state index contributed by atoms with van der Waals surface area (Å²) >= 11 is 0. The Bertz CT molecular complexity index is 702. The number of nitrogens with zero attached hydrogens (tertiary/aromatic N) is 3. The van der Waals surface area contributed by atoms with Crippen molar-refractivity contribution in [3.63, 3.8) is 0 Å². The average Bonchev–Trinajstić information content (AvgIpc) is 2.79. The first kappa shape index (κ1) is 15.9. The van der Waals surface area contributed by atoms with Gasteiger partial charge in [-0.2, -0.15) is 5.10 Å². The van der Waals surface area contributed by atoms with Gasteiger partial charge in [0.15, 0.2) is 0 Å². The Labute approximate surface area is 128 Å². The summed E-state index contributed by atoms with van der Waals surface area (Å²) in [5.41, 5.74) is 3.17. The molecule has 0 aliphatic heterocycles. The molecule has 6 nitrogen and oxygen atoms in total. The molecule has 0 amide bonds. The van der Waals surface area contributed by atoms with Gasteiger partial charge in [-0.1, -0.05) is 13.3 Å². The van der Waals surface area contributed by atoms with Gasteiger partial charge in [0.1, 0.15) is 0 Å². The Balaban J connectivity index is 2.31. The van der Waals surface area contributed by atoms with Crippen LogP contribution in [0.4, 0.5) is 5.69 Å². The Morgan fingerprint density at radius 3 is 2.45 bits per heavy atom. The minimum Gasteiger partial charge on any atom is -0.267 e. The molecule has 0 unspecified atom stereocenters. The summed E-state index contributed by atoms with van der Waals surface area (Å²) in [5, 5.41) is 15.0. The molecule has 22 heavy (non-hydrogen) atoms. The highest BCUT2D eigenvalue weighted by molar-refractivity contribution is 5.96. The molecule has 1 heterocycles. The van der Waals surface area contributed by atoms with Crippen LogP contribution in [0.2, 0.25) is 0 Å². The van der Waals surface area contributed by atoms with Crippen molar-refractivity contribution in [1.82, 2.24) is 9.78 Å². The third kappa shape index (κ3) is 3.05. The topological polar surface area (TPSA) is 78.0 Å². The monoisotopic (exact) mass is 301 g/mol. The van der Waals surface area contributed by atoms with Gasteiger partial charge in [-0.15, -0.1) is 0 Å². The zero-order chi connectivity index (χ0) is 16.3. The van der Waals surface area contributed by atoms with E-state index in [9.17, 15) is 14.9 Å². The Morgan fingerprint density at radius 2 is 1.91 bits per heavy atom. The summed E-state index contributed by atoms with van der Waals surface area (Å²) in [4.78, 5) is 22.7. The molecule has 2 rings (SSSR count). The number of nitro groups is 1. The minimum atomic E-state index is -0.486. The molecule has 0 spiro atoms. The molecule has 6 heteroatoms. The molecule has 2 aromatic rings. The number of non-ortho nitro benzene ring substituents is 1. The van der Waals surface area contributed by atoms with E-state index in [4.69, 9.17) is 0 Å². The van der Waals surface area contributed by atoms with E-state index in [1.807, 2.05) is 13.8 Å². The first-order valence-corrected chi connectivity index (χ1v) is 7.30. The lowest BCUT2D eigenvalue weighted by atomic mass is 10.1. The lowest BCUT2D eigenvalue weighted by Gasteiger charge is -2.04. The number of unbranched alkanes of at least 4 members (excludes halogenated alkanes) is 1. The van der Waals surface area contributed by atoms with E-state index in [-0.39, 0.29) is 11.6 Å². The predicted octanol–water partition coefficient (Wildman–Crippen LogP) is 3.44. The lowest BCUT2D eigenvalue weighted by molar-refractivity contribution is -0.384. The van der Waals surface area contributed by atoms with Crippen LogP contribution < -0.4 is 0 Å². The molecule has 1 aromatic carbocycles. The van der Waals surface area contributed by atoms with Crippen LogP contribution in [0.1, 0.15) is 47.1 Å². The molecule has 0 fully saturated rings. The quantitative estimate of drug-likeness (QED) is 0.626. The average molecular weight is 301 g/mol. The molecule has 0 aliphatic rings. The number of aromatic nitrogens is 2. The fraction of sp³-hybridized carbons (Fsp3) is 0.375. The van der Waals surface area contributed by atoms with Crippen molar-refractivity contribution in [3.05, 3.63) is 56.9 Å². The van der Waals surface area contributed by atoms with E-state index < -0.39 is 4.92 Å². The van der Waals surface area contributed by atoms with Crippen LogP contribution in [0.5, 0.6) is 0 Å². The van der Waals surface area contributed by atoms with Gasteiger partial charge in [0.05, 0.1) is 10.6 Å². The van der Waals surface area contributed by atoms with Gasteiger partial charge in [-0.3, -0.25) is 14.9 Å². The van der Waals surface area contributed by atoms with Crippen LogP contribution in [-0.2, 0) is 6.42 Å². The first-order chi connectivity index (χ1) is 10.5. The maximum atomic E-state index is 12.5. The highest BCUT2D eigenvalue weighted by Gasteiger charge is 2.18. The highest BCUT2D eigenvalue weighted by Crippen LogP contribution is 2.18. The number of carbonyl (C=O) groups is 1. The maximum absolute atomic E-state index is 12.5. The second-order valence-corrected chi connectivity index (χ2v) is 5.27. The van der Waals surface area contributed by atoms with Gasteiger partial charge >= 0.3 is 0 Å². The number of hydrogen-bond donors (Lipinski definition) is 0. The van der Waals surface area contributed by atoms with Crippen LogP contribution in [0.15, 0.2) is 24.3 Å². The van der Waals surface area contributed by atoms with Gasteiger partial charge in [-0.05, 0) is 44.4 Å². The summed E-state index contributed by atoms with van der Waals surface area (Å²) in [6.45, 7) is 5.91. The summed E-state index contributed by atoms with van der Waals surface area (Å²) in [6, 6.07) is 5.58. The molecule has 0 atom stereocenters. The molecule has 0 saturated heterocycles. The Morgan fingerprint density at radius 1 is 1.27 bits per heavy atom. The van der Waals surface area contributed by atoms with Crippen LogP contribution in [0.25, 0.3) is 0 Å². The second kappa shape index (κ2) is 6.51. The maximum Gasteiger partial charge on any atom is 0.278 e. The molecule has 1 aromatic heterocycles. The number of aryl methyl sites for hydroxylation is 1. The highest BCUT2D eigenvalue weighted by atomic mass is 16.6. The smallest absolute Gasteiger partial charge is 0.267 e. The summed E-state index contributed by atoms with van der Waals surface area (Å²) in [6.07, 6.45) is 3.04. The van der Waals surface area contributed by atoms with Crippen LogP contribution in [-0.4, -0.2) is 20.6 Å². The summed E-state index contributed by atoms with van der Waals surface area (Å²) < 4.78 is 1.39. The van der Waals surface area contributed by atoms with E-state index in [2.05, 4.69) is 12.0 Å². The van der Waals surface area contributed by atoms with Crippen LogP contribution in [0, 0.1) is 24.0 Å². The lowest BCUT2D eigenvalue weighted by Crippen LogP contribution is -2.15. The van der Waals surface area contributed by atoms with Crippen LogP contribution in [0.3, 0.4) is 0 Å². The van der Waals surface area contributed by atoms with E-state index >= 15 is 0 Å². The molecular formula is C16H19N3O3.